The minimum absolute atomic E-state index is 0.258. The van der Waals surface area contributed by atoms with Gasteiger partial charge in [0.25, 0.3) is 5.91 Å². The van der Waals surface area contributed by atoms with Gasteiger partial charge in [-0.05, 0) is 44.7 Å². The zero-order valence-corrected chi connectivity index (χ0v) is 11.1. The third-order valence-electron chi connectivity index (χ3n) is 4.16. The molecule has 0 bridgehead atoms. The molecule has 2 aliphatic carbocycles. The van der Waals surface area contributed by atoms with Crippen LogP contribution in [0.1, 0.15) is 54.4 Å². The molecule has 0 N–H and O–H groups in total. The van der Waals surface area contributed by atoms with Gasteiger partial charge in [-0.3, -0.25) is 4.79 Å². The second-order valence-electron chi connectivity index (χ2n) is 5.75. The fourth-order valence-corrected chi connectivity index (χ4v) is 3.09. The first-order chi connectivity index (χ1) is 8.75. The quantitative estimate of drug-likeness (QED) is 0.795. The number of nitrogens with zero attached hydrogens (tertiary/aromatic N) is 1. The van der Waals surface area contributed by atoms with E-state index in [1.807, 2.05) is 31.2 Å². The summed E-state index contributed by atoms with van der Waals surface area (Å²) in [6.07, 6.45) is 7.38. The molecule has 0 aliphatic heterocycles. The molecule has 96 valence electrons. The monoisotopic (exact) mass is 243 g/mol. The average molecular weight is 243 g/mol. The van der Waals surface area contributed by atoms with Crippen LogP contribution in [-0.2, 0) is 0 Å². The Morgan fingerprint density at radius 2 is 1.78 bits per heavy atom. The third-order valence-corrected chi connectivity index (χ3v) is 4.16. The normalized spacial score (nSPS) is 20.1. The Labute approximate surface area is 109 Å². The minimum atomic E-state index is 0.258. The molecule has 2 nitrogen and oxygen atoms in total. The lowest BCUT2D eigenvalue weighted by atomic mass is 10.1. The number of carbonyl (C=O) groups excluding carboxylic acids is 1. The number of aryl methyl sites for hydroxylation is 1. The number of amides is 1. The zero-order valence-electron chi connectivity index (χ0n) is 11.1. The Hall–Kier alpha value is -1.31. The molecule has 0 aromatic heterocycles. The molecule has 18 heavy (non-hydrogen) atoms. The van der Waals surface area contributed by atoms with Gasteiger partial charge >= 0.3 is 0 Å². The first-order valence-corrected chi connectivity index (χ1v) is 7.15. The third kappa shape index (κ3) is 2.29. The van der Waals surface area contributed by atoms with Gasteiger partial charge in [0.1, 0.15) is 0 Å². The molecule has 3 rings (SSSR count). The maximum atomic E-state index is 12.7. The standard InChI is InChI=1S/C16H21NO/c1-12-5-4-6-13(11-12)16(18)17(15-9-10-15)14-7-2-3-8-14/h4-6,11,14-15H,2-3,7-10H2,1H3. The second kappa shape index (κ2) is 4.75. The smallest absolute Gasteiger partial charge is 0.254 e. The number of carbonyl (C=O) groups is 1. The molecule has 0 heterocycles. The highest BCUT2D eigenvalue weighted by molar-refractivity contribution is 5.95. The van der Waals surface area contributed by atoms with Crippen LogP contribution in [0.5, 0.6) is 0 Å². The van der Waals surface area contributed by atoms with Gasteiger partial charge in [0, 0.05) is 17.6 Å². The van der Waals surface area contributed by atoms with Crippen molar-refractivity contribution < 1.29 is 4.79 Å². The SMILES string of the molecule is Cc1cccc(C(=O)N(C2CCCC2)C2CC2)c1. The first kappa shape index (κ1) is 11.8. The molecule has 1 aromatic rings. The Balaban J connectivity index is 1.83. The van der Waals surface area contributed by atoms with Crippen LogP contribution in [0.4, 0.5) is 0 Å². The van der Waals surface area contributed by atoms with Crippen molar-refractivity contribution in [2.24, 2.45) is 0 Å². The van der Waals surface area contributed by atoms with Crippen LogP contribution in [0.15, 0.2) is 24.3 Å². The number of hydrogen-bond acceptors (Lipinski definition) is 1. The topological polar surface area (TPSA) is 20.3 Å². The fraction of sp³-hybridized carbons (Fsp3) is 0.562. The maximum absolute atomic E-state index is 12.7. The molecule has 0 radical (unpaired) electrons. The highest BCUT2D eigenvalue weighted by Gasteiger charge is 2.38. The van der Waals surface area contributed by atoms with Crippen LogP contribution < -0.4 is 0 Å². The molecular formula is C16H21NO. The van der Waals surface area contributed by atoms with E-state index in [2.05, 4.69) is 4.90 Å². The van der Waals surface area contributed by atoms with Crippen LogP contribution >= 0.6 is 0 Å². The number of hydrogen-bond donors (Lipinski definition) is 0. The summed E-state index contributed by atoms with van der Waals surface area (Å²) in [5, 5.41) is 0. The highest BCUT2D eigenvalue weighted by atomic mass is 16.2. The van der Waals surface area contributed by atoms with E-state index in [1.54, 1.807) is 0 Å². The summed E-state index contributed by atoms with van der Waals surface area (Å²) in [5.41, 5.74) is 2.04. The lowest BCUT2D eigenvalue weighted by molar-refractivity contribution is 0.0664. The van der Waals surface area contributed by atoms with Gasteiger partial charge in [0.05, 0.1) is 0 Å². The molecule has 0 spiro atoms. The predicted octanol–water partition coefficient (Wildman–Crippen LogP) is 3.54. The van der Waals surface area contributed by atoms with Gasteiger partial charge < -0.3 is 4.90 Å². The van der Waals surface area contributed by atoms with Gasteiger partial charge in [-0.2, -0.15) is 0 Å². The zero-order chi connectivity index (χ0) is 12.5. The summed E-state index contributed by atoms with van der Waals surface area (Å²) < 4.78 is 0. The van der Waals surface area contributed by atoms with Crippen molar-refractivity contribution in [3.63, 3.8) is 0 Å². The second-order valence-corrected chi connectivity index (χ2v) is 5.75. The number of benzene rings is 1. The van der Waals surface area contributed by atoms with E-state index in [9.17, 15) is 4.79 Å². The van der Waals surface area contributed by atoms with E-state index < -0.39 is 0 Å². The summed E-state index contributed by atoms with van der Waals surface area (Å²) in [6, 6.07) is 9.05. The van der Waals surface area contributed by atoms with Crippen molar-refractivity contribution >= 4 is 5.91 Å². The van der Waals surface area contributed by atoms with Gasteiger partial charge in [-0.1, -0.05) is 30.5 Å². The van der Waals surface area contributed by atoms with Crippen LogP contribution in [0.3, 0.4) is 0 Å². The summed E-state index contributed by atoms with van der Waals surface area (Å²) in [5.74, 6) is 0.258. The predicted molar refractivity (Wildman–Crippen MR) is 72.6 cm³/mol. The average Bonchev–Trinajstić information content (AvgIpc) is 3.04. The van der Waals surface area contributed by atoms with Gasteiger partial charge in [0.2, 0.25) is 0 Å². The molecule has 2 saturated carbocycles. The molecule has 0 unspecified atom stereocenters. The fourth-order valence-electron chi connectivity index (χ4n) is 3.09. The minimum Gasteiger partial charge on any atom is -0.333 e. The van der Waals surface area contributed by atoms with Crippen molar-refractivity contribution in [2.75, 3.05) is 0 Å². The Bertz CT molecular complexity index is 444. The summed E-state index contributed by atoms with van der Waals surface area (Å²) >= 11 is 0. The highest BCUT2D eigenvalue weighted by Crippen LogP contribution is 2.35. The Kier molecular flexibility index (Phi) is 3.11. The van der Waals surface area contributed by atoms with Crippen LogP contribution in [0, 0.1) is 6.92 Å². The molecule has 1 aromatic carbocycles. The first-order valence-electron chi connectivity index (χ1n) is 7.15. The molecular weight excluding hydrogens is 222 g/mol. The lowest BCUT2D eigenvalue weighted by Crippen LogP contribution is -2.40. The van der Waals surface area contributed by atoms with E-state index in [1.165, 1.54) is 44.1 Å². The Morgan fingerprint density at radius 1 is 1.11 bits per heavy atom. The van der Waals surface area contributed by atoms with E-state index in [0.29, 0.717) is 12.1 Å². The van der Waals surface area contributed by atoms with Gasteiger partial charge in [-0.15, -0.1) is 0 Å². The summed E-state index contributed by atoms with van der Waals surface area (Å²) in [4.78, 5) is 14.9. The molecule has 2 aliphatic rings. The van der Waals surface area contributed by atoms with Crippen LogP contribution in [-0.4, -0.2) is 22.9 Å². The van der Waals surface area contributed by atoms with Crippen molar-refractivity contribution in [1.29, 1.82) is 0 Å². The van der Waals surface area contributed by atoms with Gasteiger partial charge in [-0.25, -0.2) is 0 Å². The number of rotatable bonds is 3. The summed E-state index contributed by atoms with van der Waals surface area (Å²) in [7, 11) is 0. The van der Waals surface area contributed by atoms with E-state index in [0.717, 1.165) is 5.56 Å². The van der Waals surface area contributed by atoms with E-state index >= 15 is 0 Å². The van der Waals surface area contributed by atoms with Crippen LogP contribution in [0.2, 0.25) is 0 Å². The largest absolute Gasteiger partial charge is 0.333 e. The maximum Gasteiger partial charge on any atom is 0.254 e. The molecule has 1 amide bonds. The molecule has 0 atom stereocenters. The van der Waals surface area contributed by atoms with Crippen molar-refractivity contribution in [3.8, 4) is 0 Å². The molecule has 2 fully saturated rings. The van der Waals surface area contributed by atoms with Crippen molar-refractivity contribution in [2.45, 2.75) is 57.5 Å². The van der Waals surface area contributed by atoms with Crippen molar-refractivity contribution in [1.82, 2.24) is 4.90 Å². The molecule has 0 saturated heterocycles. The lowest BCUT2D eigenvalue weighted by Gasteiger charge is -2.29. The van der Waals surface area contributed by atoms with E-state index in [-0.39, 0.29) is 5.91 Å². The summed E-state index contributed by atoms with van der Waals surface area (Å²) in [6.45, 7) is 2.05. The van der Waals surface area contributed by atoms with Gasteiger partial charge in [0.15, 0.2) is 0 Å². The van der Waals surface area contributed by atoms with Crippen molar-refractivity contribution in [3.05, 3.63) is 35.4 Å². The molecule has 2 heteroatoms. The Morgan fingerprint density at radius 3 is 2.39 bits per heavy atom. The van der Waals surface area contributed by atoms with E-state index in [4.69, 9.17) is 0 Å². The van der Waals surface area contributed by atoms with Crippen LogP contribution in [0.25, 0.3) is 0 Å².